The van der Waals surface area contributed by atoms with Crippen molar-refractivity contribution in [1.82, 2.24) is 26.6 Å². The molecule has 230 valence electrons. The quantitative estimate of drug-likeness (QED) is 0.0548. The Balaban J connectivity index is 3.37. The van der Waals surface area contributed by atoms with Gasteiger partial charge in [0.05, 0.1) is 13.0 Å². The Hall–Kier alpha value is -3.74. The maximum Gasteiger partial charge on any atom is 0.305 e. The van der Waals surface area contributed by atoms with Crippen molar-refractivity contribution in [3.05, 3.63) is 0 Å². The summed E-state index contributed by atoms with van der Waals surface area (Å²) in [7, 11) is 2.16. The Kier molecular flexibility index (Phi) is 14.2. The van der Waals surface area contributed by atoms with Crippen LogP contribution < -0.4 is 43.8 Å². The maximum absolute atomic E-state index is 13.1. The topological polar surface area (TPSA) is 290 Å². The zero-order chi connectivity index (χ0) is 31.3. The molecule has 1 aliphatic rings. The van der Waals surface area contributed by atoms with Crippen LogP contribution in [0.2, 0.25) is 0 Å². The summed E-state index contributed by atoms with van der Waals surface area (Å²) in [6.45, 7) is 3.85. The van der Waals surface area contributed by atoms with Crippen molar-refractivity contribution in [3.8, 4) is 0 Å². The van der Waals surface area contributed by atoms with Gasteiger partial charge in [0.2, 0.25) is 35.4 Å². The van der Waals surface area contributed by atoms with Crippen molar-refractivity contribution in [2.24, 2.45) is 22.2 Å². The Labute approximate surface area is 244 Å². The molecular weight excluding hydrogens is 582 g/mol. The highest BCUT2D eigenvalue weighted by Gasteiger charge is 2.39. The van der Waals surface area contributed by atoms with Gasteiger partial charge in [0.15, 0.2) is 5.96 Å². The number of nitrogens with zero attached hydrogens (tertiary/aromatic N) is 1. The minimum atomic E-state index is -1.60. The lowest BCUT2D eigenvalue weighted by molar-refractivity contribution is -0.141. The number of carbonyl (C=O) groups is 7. The van der Waals surface area contributed by atoms with E-state index in [9.17, 15) is 38.7 Å². The molecule has 6 amide bonds. The van der Waals surface area contributed by atoms with Crippen LogP contribution in [-0.4, -0.2) is 100 Å². The third-order valence-corrected chi connectivity index (χ3v) is 8.80. The molecule has 0 spiro atoms. The lowest BCUT2D eigenvalue weighted by Gasteiger charge is -2.33. The molecule has 0 aliphatic carbocycles. The number of carbonyl (C=O) groups excluding carboxylic acids is 6. The summed E-state index contributed by atoms with van der Waals surface area (Å²) in [4.78, 5) is 90.8. The van der Waals surface area contributed by atoms with E-state index in [4.69, 9.17) is 17.2 Å². The number of aliphatic imine (C=N–C) groups is 1. The van der Waals surface area contributed by atoms with Gasteiger partial charge in [0, 0.05) is 24.0 Å². The third kappa shape index (κ3) is 13.0. The van der Waals surface area contributed by atoms with Gasteiger partial charge in [-0.3, -0.25) is 38.6 Å². The molecule has 1 saturated heterocycles. The zero-order valence-electron chi connectivity index (χ0n) is 22.9. The molecule has 0 aromatic rings. The van der Waals surface area contributed by atoms with E-state index in [1.807, 2.05) is 0 Å². The lowest BCUT2D eigenvalue weighted by Crippen LogP contribution is -2.59. The molecule has 0 aromatic heterocycles. The second kappa shape index (κ2) is 16.5. The molecule has 19 heteroatoms. The first-order valence-corrected chi connectivity index (χ1v) is 14.7. The molecule has 1 rings (SSSR count). The average molecular weight is 620 g/mol. The molecule has 0 saturated carbocycles. The summed E-state index contributed by atoms with van der Waals surface area (Å²) in [6.07, 6.45) is -0.495. The van der Waals surface area contributed by atoms with Crippen LogP contribution in [0.4, 0.5) is 0 Å². The van der Waals surface area contributed by atoms with Crippen molar-refractivity contribution in [3.63, 3.8) is 0 Å². The fraction of sp³-hybridized carbons (Fsp3) is 0.636. The van der Waals surface area contributed by atoms with E-state index in [1.54, 1.807) is 13.8 Å². The van der Waals surface area contributed by atoms with Crippen LogP contribution in [0.5, 0.6) is 0 Å². The fourth-order valence-corrected chi connectivity index (χ4v) is 6.35. The highest BCUT2D eigenvalue weighted by atomic mass is 33.1. The van der Waals surface area contributed by atoms with Gasteiger partial charge in [0.25, 0.3) is 0 Å². The van der Waals surface area contributed by atoms with Crippen LogP contribution in [0, 0.1) is 0 Å². The van der Waals surface area contributed by atoms with Gasteiger partial charge in [-0.15, -0.1) is 0 Å². The maximum atomic E-state index is 13.1. The minimum Gasteiger partial charge on any atom is -0.481 e. The van der Waals surface area contributed by atoms with Crippen LogP contribution in [0.15, 0.2) is 4.99 Å². The molecular formula is C22H37N9O8S2. The summed E-state index contributed by atoms with van der Waals surface area (Å²) in [5.74, 6) is -6.38. The van der Waals surface area contributed by atoms with Gasteiger partial charge < -0.3 is 48.9 Å². The Bertz CT molecular complexity index is 1050. The first-order chi connectivity index (χ1) is 19.0. The molecule has 0 unspecified atom stereocenters. The minimum absolute atomic E-state index is 0.0110. The smallest absolute Gasteiger partial charge is 0.305 e. The number of hydrogen-bond donors (Lipinski definition) is 9. The standard InChI is InChI=1S/C22H37N9O8S2/c1-10(32)28-13-9-40-41-22(2,3)16(17(23)36)31-19(38)12(7-15(34)35)29-14(33)8-27-18(37)11(30-20(13)39)5-4-6-26-21(24)25/h11-13,16H,4-9H2,1-3H3,(H2,23,36)(H,27,37)(H,28,32)(H,29,33)(H,30,39)(H,31,38)(H,34,35)(H4,24,25,26)/t11-,12+,13+,16-/m0/s1. The molecule has 12 N–H and O–H groups in total. The summed E-state index contributed by atoms with van der Waals surface area (Å²) in [5.41, 5.74) is 16.2. The molecule has 0 radical (unpaired) electrons. The molecule has 1 fully saturated rings. The van der Waals surface area contributed by atoms with Crippen molar-refractivity contribution in [2.45, 2.75) is 68.9 Å². The van der Waals surface area contributed by atoms with E-state index in [-0.39, 0.29) is 31.1 Å². The van der Waals surface area contributed by atoms with Gasteiger partial charge in [-0.2, -0.15) is 0 Å². The van der Waals surface area contributed by atoms with E-state index in [1.165, 1.54) is 6.92 Å². The fourth-order valence-electron chi connectivity index (χ4n) is 3.53. The van der Waals surface area contributed by atoms with Crippen LogP contribution in [0.1, 0.15) is 40.0 Å². The SMILES string of the molecule is CC(=O)N[C@@H]1CSSC(C)(C)[C@H](C(N)=O)NC(=O)[C@@H](CC(=O)O)NC(=O)CNC(=O)[C@H](CCCN=C(N)N)NC1=O. The van der Waals surface area contributed by atoms with Crippen molar-refractivity contribution in [2.75, 3.05) is 18.8 Å². The van der Waals surface area contributed by atoms with Gasteiger partial charge in [-0.05, 0) is 26.7 Å². The number of nitrogens with two attached hydrogens (primary N) is 3. The van der Waals surface area contributed by atoms with Gasteiger partial charge in [0.1, 0.15) is 24.2 Å². The van der Waals surface area contributed by atoms with E-state index in [0.717, 1.165) is 21.6 Å². The Morgan fingerprint density at radius 1 is 1.02 bits per heavy atom. The Morgan fingerprint density at radius 3 is 2.24 bits per heavy atom. The highest BCUT2D eigenvalue weighted by molar-refractivity contribution is 8.77. The summed E-state index contributed by atoms with van der Waals surface area (Å²) < 4.78 is -1.10. The number of amides is 6. The molecule has 1 heterocycles. The van der Waals surface area contributed by atoms with Gasteiger partial charge in [-0.25, -0.2) is 0 Å². The molecule has 41 heavy (non-hydrogen) atoms. The first kappa shape index (κ1) is 35.3. The third-order valence-electron chi connectivity index (χ3n) is 5.50. The lowest BCUT2D eigenvalue weighted by atomic mass is 10.0. The molecule has 0 bridgehead atoms. The van der Waals surface area contributed by atoms with Crippen molar-refractivity contribution >= 4 is 69.0 Å². The monoisotopic (exact) mass is 619 g/mol. The van der Waals surface area contributed by atoms with Gasteiger partial charge >= 0.3 is 5.97 Å². The van der Waals surface area contributed by atoms with Crippen molar-refractivity contribution in [1.29, 1.82) is 0 Å². The average Bonchev–Trinajstić information content (AvgIpc) is 2.84. The first-order valence-electron chi connectivity index (χ1n) is 12.4. The normalized spacial score (nSPS) is 24.4. The highest BCUT2D eigenvalue weighted by Crippen LogP contribution is 2.38. The molecule has 0 aromatic carbocycles. The van der Waals surface area contributed by atoms with E-state index < -0.39 is 83.3 Å². The number of carboxylic acid groups (broad SMARTS) is 1. The molecule has 17 nitrogen and oxygen atoms in total. The number of carboxylic acids is 1. The Morgan fingerprint density at radius 2 is 1.68 bits per heavy atom. The van der Waals surface area contributed by atoms with Crippen LogP contribution in [0.3, 0.4) is 0 Å². The number of hydrogen-bond acceptors (Lipinski definition) is 10. The van der Waals surface area contributed by atoms with Crippen molar-refractivity contribution < 1.29 is 38.7 Å². The largest absolute Gasteiger partial charge is 0.481 e. The molecule has 4 atom stereocenters. The van der Waals surface area contributed by atoms with Gasteiger partial charge in [-0.1, -0.05) is 21.6 Å². The summed E-state index contributed by atoms with van der Waals surface area (Å²) in [5, 5.41) is 21.3. The molecule has 1 aliphatic heterocycles. The van der Waals surface area contributed by atoms with Crippen LogP contribution in [-0.2, 0) is 33.6 Å². The van der Waals surface area contributed by atoms with E-state index in [0.29, 0.717) is 0 Å². The second-order valence-electron chi connectivity index (χ2n) is 9.51. The second-order valence-corrected chi connectivity index (χ2v) is 12.5. The number of nitrogens with one attached hydrogen (secondary N) is 5. The van der Waals surface area contributed by atoms with E-state index in [2.05, 4.69) is 31.6 Å². The van der Waals surface area contributed by atoms with Crippen LogP contribution in [0.25, 0.3) is 0 Å². The van der Waals surface area contributed by atoms with E-state index >= 15 is 0 Å². The summed E-state index contributed by atoms with van der Waals surface area (Å²) in [6, 6.07) is -5.18. The predicted octanol–water partition coefficient (Wildman–Crippen LogP) is -3.75. The number of aliphatic carboxylic acids is 1. The van der Waals surface area contributed by atoms with Crippen LogP contribution >= 0.6 is 21.6 Å². The number of primary amides is 1. The number of guanidine groups is 1. The zero-order valence-corrected chi connectivity index (χ0v) is 24.5. The number of rotatable bonds is 8. The summed E-state index contributed by atoms with van der Waals surface area (Å²) >= 11 is 0. The predicted molar refractivity (Wildman–Crippen MR) is 152 cm³/mol.